The fourth-order valence-electron chi connectivity index (χ4n) is 1.87. The molecule has 1 saturated heterocycles. The summed E-state index contributed by atoms with van der Waals surface area (Å²) < 4.78 is 18.4. The normalized spacial score (nSPS) is 15.1. The van der Waals surface area contributed by atoms with Gasteiger partial charge in [0, 0.05) is 32.7 Å². The van der Waals surface area contributed by atoms with E-state index in [1.54, 1.807) is 23.1 Å². The molecule has 19 heavy (non-hydrogen) atoms. The van der Waals surface area contributed by atoms with Crippen LogP contribution in [-0.2, 0) is 4.74 Å². The lowest BCUT2D eigenvalue weighted by Crippen LogP contribution is -2.46. The number of rotatable bonds is 4. The quantitative estimate of drug-likeness (QED) is 0.807. The van der Waals surface area contributed by atoms with Gasteiger partial charge in [-0.2, -0.15) is 0 Å². The minimum atomic E-state index is -0.309. The Hall–Kier alpha value is -1.82. The zero-order valence-electron chi connectivity index (χ0n) is 10.7. The minimum absolute atomic E-state index is 0.219. The molecule has 1 aliphatic heterocycles. The standard InChI is InChI=1S/C13H18FN3O2/c14-11-3-1-2-4-12(11)16-7-10-19-13(18)17-8-5-15-6-9-17/h1-4,15-16H,5-10H2. The lowest BCUT2D eigenvalue weighted by molar-refractivity contribution is 0.101. The molecule has 0 aromatic heterocycles. The Labute approximate surface area is 111 Å². The minimum Gasteiger partial charge on any atom is -0.448 e. The number of nitrogens with zero attached hydrogens (tertiary/aromatic N) is 1. The van der Waals surface area contributed by atoms with E-state index in [9.17, 15) is 9.18 Å². The third-order valence-electron chi connectivity index (χ3n) is 2.89. The largest absolute Gasteiger partial charge is 0.448 e. The third kappa shape index (κ3) is 4.10. The van der Waals surface area contributed by atoms with Crippen LogP contribution in [0.3, 0.4) is 0 Å². The van der Waals surface area contributed by atoms with Crippen molar-refractivity contribution in [3.05, 3.63) is 30.1 Å². The Kier molecular flexibility index (Phi) is 4.97. The molecule has 1 aromatic carbocycles. The molecule has 0 spiro atoms. The summed E-state index contributed by atoms with van der Waals surface area (Å²) in [7, 11) is 0. The summed E-state index contributed by atoms with van der Waals surface area (Å²) in [6.45, 7) is 3.53. The van der Waals surface area contributed by atoms with Gasteiger partial charge in [0.2, 0.25) is 0 Å². The number of hydrogen-bond acceptors (Lipinski definition) is 4. The molecule has 0 radical (unpaired) electrons. The van der Waals surface area contributed by atoms with Crippen molar-refractivity contribution >= 4 is 11.8 Å². The summed E-state index contributed by atoms with van der Waals surface area (Å²) in [5.41, 5.74) is 0.417. The monoisotopic (exact) mass is 267 g/mol. The average Bonchev–Trinajstić information content (AvgIpc) is 2.46. The lowest BCUT2D eigenvalue weighted by Gasteiger charge is -2.26. The number of piperazine rings is 1. The number of anilines is 1. The van der Waals surface area contributed by atoms with Crippen molar-refractivity contribution in [2.45, 2.75) is 0 Å². The topological polar surface area (TPSA) is 53.6 Å². The maximum Gasteiger partial charge on any atom is 0.409 e. The SMILES string of the molecule is O=C(OCCNc1ccccc1F)N1CCNCC1. The zero-order valence-corrected chi connectivity index (χ0v) is 10.7. The van der Waals surface area contributed by atoms with E-state index in [-0.39, 0.29) is 18.5 Å². The van der Waals surface area contributed by atoms with Gasteiger partial charge in [-0.05, 0) is 12.1 Å². The van der Waals surface area contributed by atoms with Crippen molar-refractivity contribution in [1.82, 2.24) is 10.2 Å². The Morgan fingerprint density at radius 1 is 1.37 bits per heavy atom. The fourth-order valence-corrected chi connectivity index (χ4v) is 1.87. The molecule has 5 nitrogen and oxygen atoms in total. The molecule has 2 rings (SSSR count). The van der Waals surface area contributed by atoms with Crippen molar-refractivity contribution in [1.29, 1.82) is 0 Å². The van der Waals surface area contributed by atoms with Crippen LogP contribution in [0.5, 0.6) is 0 Å². The van der Waals surface area contributed by atoms with Crippen LogP contribution < -0.4 is 10.6 Å². The molecule has 104 valence electrons. The van der Waals surface area contributed by atoms with Crippen molar-refractivity contribution in [2.24, 2.45) is 0 Å². The van der Waals surface area contributed by atoms with Crippen LogP contribution >= 0.6 is 0 Å². The second kappa shape index (κ2) is 6.94. The van der Waals surface area contributed by atoms with Gasteiger partial charge < -0.3 is 20.3 Å². The van der Waals surface area contributed by atoms with Gasteiger partial charge in [-0.3, -0.25) is 0 Å². The zero-order chi connectivity index (χ0) is 13.5. The van der Waals surface area contributed by atoms with Crippen LogP contribution in [0.15, 0.2) is 24.3 Å². The first-order chi connectivity index (χ1) is 9.27. The van der Waals surface area contributed by atoms with Gasteiger partial charge in [-0.1, -0.05) is 12.1 Å². The van der Waals surface area contributed by atoms with Gasteiger partial charge in [0.15, 0.2) is 0 Å². The Bertz CT molecular complexity index is 422. The van der Waals surface area contributed by atoms with Crippen LogP contribution in [0.4, 0.5) is 14.9 Å². The highest BCUT2D eigenvalue weighted by Crippen LogP contribution is 2.11. The Balaban J connectivity index is 1.66. The summed E-state index contributed by atoms with van der Waals surface area (Å²) >= 11 is 0. The first-order valence-corrected chi connectivity index (χ1v) is 6.38. The molecule has 2 N–H and O–H groups in total. The molecular weight excluding hydrogens is 249 g/mol. The number of carbonyl (C=O) groups is 1. The van der Waals surface area contributed by atoms with Gasteiger partial charge in [0.05, 0.1) is 5.69 Å². The second-order valence-electron chi connectivity index (χ2n) is 4.26. The summed E-state index contributed by atoms with van der Waals surface area (Å²) in [6.07, 6.45) is -0.308. The number of carbonyl (C=O) groups excluding carboxylic acids is 1. The molecule has 0 saturated carbocycles. The van der Waals surface area contributed by atoms with Crippen LogP contribution in [0, 0.1) is 5.82 Å². The molecule has 0 atom stereocenters. The highest BCUT2D eigenvalue weighted by Gasteiger charge is 2.16. The molecule has 1 fully saturated rings. The van der Waals surface area contributed by atoms with Crippen molar-refractivity contribution < 1.29 is 13.9 Å². The number of nitrogens with one attached hydrogen (secondary N) is 2. The first-order valence-electron chi connectivity index (χ1n) is 6.38. The van der Waals surface area contributed by atoms with Crippen LogP contribution in [0.2, 0.25) is 0 Å². The Morgan fingerprint density at radius 2 is 2.11 bits per heavy atom. The number of ether oxygens (including phenoxy) is 1. The van der Waals surface area contributed by atoms with E-state index in [0.29, 0.717) is 25.3 Å². The summed E-state index contributed by atoms with van der Waals surface area (Å²) in [6, 6.07) is 6.41. The Morgan fingerprint density at radius 3 is 2.84 bits per heavy atom. The van der Waals surface area contributed by atoms with E-state index in [1.165, 1.54) is 6.07 Å². The number of para-hydroxylation sites is 1. The van der Waals surface area contributed by atoms with Crippen LogP contribution in [0.25, 0.3) is 0 Å². The molecule has 1 amide bonds. The van der Waals surface area contributed by atoms with Gasteiger partial charge in [-0.15, -0.1) is 0 Å². The predicted octanol–water partition coefficient (Wildman–Crippen LogP) is 1.28. The fraction of sp³-hybridized carbons (Fsp3) is 0.462. The summed E-state index contributed by atoms with van der Waals surface area (Å²) in [5.74, 6) is -0.309. The molecule has 0 bridgehead atoms. The smallest absolute Gasteiger partial charge is 0.409 e. The third-order valence-corrected chi connectivity index (χ3v) is 2.89. The number of amides is 1. The molecule has 1 heterocycles. The van der Waals surface area contributed by atoms with Crippen molar-refractivity contribution in [2.75, 3.05) is 44.6 Å². The van der Waals surface area contributed by atoms with E-state index < -0.39 is 0 Å². The van der Waals surface area contributed by atoms with Crippen molar-refractivity contribution in [3.8, 4) is 0 Å². The van der Waals surface area contributed by atoms with Gasteiger partial charge in [0.25, 0.3) is 0 Å². The highest BCUT2D eigenvalue weighted by atomic mass is 19.1. The van der Waals surface area contributed by atoms with Crippen LogP contribution in [0.1, 0.15) is 0 Å². The number of hydrogen-bond donors (Lipinski definition) is 2. The summed E-state index contributed by atoms with van der Waals surface area (Å²) in [4.78, 5) is 13.3. The van der Waals surface area contributed by atoms with E-state index in [1.807, 2.05) is 0 Å². The lowest BCUT2D eigenvalue weighted by atomic mass is 10.3. The predicted molar refractivity (Wildman–Crippen MR) is 70.7 cm³/mol. The second-order valence-corrected chi connectivity index (χ2v) is 4.26. The van der Waals surface area contributed by atoms with Gasteiger partial charge >= 0.3 is 6.09 Å². The summed E-state index contributed by atoms with van der Waals surface area (Å²) in [5, 5.41) is 6.05. The number of halogens is 1. The first kappa shape index (κ1) is 13.6. The van der Waals surface area contributed by atoms with Crippen molar-refractivity contribution in [3.63, 3.8) is 0 Å². The average molecular weight is 267 g/mol. The van der Waals surface area contributed by atoms with Gasteiger partial charge in [0.1, 0.15) is 12.4 Å². The molecule has 0 aliphatic carbocycles. The maximum absolute atomic E-state index is 13.3. The van der Waals surface area contributed by atoms with E-state index in [2.05, 4.69) is 10.6 Å². The highest BCUT2D eigenvalue weighted by molar-refractivity contribution is 5.67. The van der Waals surface area contributed by atoms with E-state index >= 15 is 0 Å². The molecule has 1 aromatic rings. The number of benzene rings is 1. The van der Waals surface area contributed by atoms with E-state index in [0.717, 1.165) is 13.1 Å². The molecule has 0 unspecified atom stereocenters. The van der Waals surface area contributed by atoms with E-state index in [4.69, 9.17) is 4.74 Å². The van der Waals surface area contributed by atoms with Gasteiger partial charge in [-0.25, -0.2) is 9.18 Å². The van der Waals surface area contributed by atoms with Crippen LogP contribution in [-0.4, -0.2) is 50.3 Å². The molecular formula is C13H18FN3O2. The molecule has 1 aliphatic rings. The molecule has 6 heteroatoms. The maximum atomic E-state index is 13.3.